The van der Waals surface area contributed by atoms with Gasteiger partial charge in [-0.25, -0.2) is 9.67 Å². The molecule has 4 aromatic rings. The fraction of sp³-hybridized carbons (Fsp3) is 0.167. The summed E-state index contributed by atoms with van der Waals surface area (Å²) in [7, 11) is 0. The number of aromatic nitrogens is 5. The number of anilines is 1. The van der Waals surface area contributed by atoms with Gasteiger partial charge in [-0.1, -0.05) is 35.1 Å². The Kier molecular flexibility index (Phi) is 3.97. The Morgan fingerprint density at radius 3 is 2.93 bits per heavy atom. The average Bonchev–Trinajstić information content (AvgIpc) is 3.43. The quantitative estimate of drug-likeness (QED) is 0.529. The van der Waals surface area contributed by atoms with Gasteiger partial charge in [0.2, 0.25) is 5.91 Å². The lowest BCUT2D eigenvalue weighted by Crippen LogP contribution is -2.27. The monoisotopic (exact) mass is 394 g/mol. The van der Waals surface area contributed by atoms with Gasteiger partial charge in [0.05, 0.1) is 17.9 Å². The second kappa shape index (κ2) is 6.64. The van der Waals surface area contributed by atoms with Crippen molar-refractivity contribution in [1.82, 2.24) is 24.5 Å². The summed E-state index contributed by atoms with van der Waals surface area (Å²) in [6, 6.07) is 10.8. The highest BCUT2D eigenvalue weighted by Gasteiger charge is 2.29. The molecule has 3 aromatic heterocycles. The van der Waals surface area contributed by atoms with E-state index >= 15 is 0 Å². The number of nitrogens with zero attached hydrogens (tertiary/aromatic N) is 5. The third-order valence-corrected chi connectivity index (χ3v) is 5.60. The molecule has 0 aliphatic carbocycles. The van der Waals surface area contributed by atoms with Gasteiger partial charge >= 0.3 is 0 Å². The van der Waals surface area contributed by atoms with E-state index in [1.807, 2.05) is 30.3 Å². The van der Waals surface area contributed by atoms with Gasteiger partial charge in [0.15, 0.2) is 16.6 Å². The van der Waals surface area contributed by atoms with E-state index in [1.165, 1.54) is 24.2 Å². The first-order chi connectivity index (χ1) is 13.7. The topological polar surface area (TPSA) is 108 Å². The normalized spacial score (nSPS) is 15.6. The largest absolute Gasteiger partial charge is 0.363 e. The van der Waals surface area contributed by atoms with Crippen LogP contribution in [0.5, 0.6) is 0 Å². The first-order valence-corrected chi connectivity index (χ1v) is 9.58. The van der Waals surface area contributed by atoms with Crippen molar-refractivity contribution in [3.63, 3.8) is 0 Å². The molecule has 0 fully saturated rings. The van der Waals surface area contributed by atoms with Crippen LogP contribution < -0.4 is 10.9 Å². The minimum Gasteiger partial charge on any atom is -0.363 e. The Bertz CT molecular complexity index is 1220. The molecule has 5 rings (SSSR count). The van der Waals surface area contributed by atoms with E-state index in [0.29, 0.717) is 27.8 Å². The summed E-state index contributed by atoms with van der Waals surface area (Å²) >= 11 is 1.46. The number of para-hydroxylation sites is 1. The number of benzene rings is 1. The van der Waals surface area contributed by atoms with Gasteiger partial charge in [-0.3, -0.25) is 14.2 Å². The lowest BCUT2D eigenvalue weighted by atomic mass is 10.2. The summed E-state index contributed by atoms with van der Waals surface area (Å²) < 4.78 is 7.95. The summed E-state index contributed by atoms with van der Waals surface area (Å²) in [6.45, 7) is 0. The molecule has 28 heavy (non-hydrogen) atoms. The van der Waals surface area contributed by atoms with Crippen molar-refractivity contribution in [2.45, 2.75) is 17.6 Å². The van der Waals surface area contributed by atoms with Gasteiger partial charge in [0.1, 0.15) is 11.6 Å². The second-order valence-electron chi connectivity index (χ2n) is 6.30. The number of amides is 1. The van der Waals surface area contributed by atoms with Gasteiger partial charge in [-0.05, 0) is 12.1 Å². The van der Waals surface area contributed by atoms with Crippen molar-refractivity contribution < 1.29 is 9.32 Å². The van der Waals surface area contributed by atoms with E-state index in [-0.39, 0.29) is 23.9 Å². The first-order valence-electron chi connectivity index (χ1n) is 8.59. The number of nitrogens with one attached hydrogen (secondary N) is 1. The SMILES string of the molecule is O=C(C[C@H]1CSc2nc3c(cnn3-c3ccccc3)c(=O)n21)Nc1ccon1. The van der Waals surface area contributed by atoms with Gasteiger partial charge in [0, 0.05) is 18.2 Å². The lowest BCUT2D eigenvalue weighted by molar-refractivity contribution is -0.116. The van der Waals surface area contributed by atoms with Crippen molar-refractivity contribution in [2.24, 2.45) is 0 Å². The Labute approximate surface area is 162 Å². The predicted octanol–water partition coefficient (Wildman–Crippen LogP) is 2.25. The molecule has 1 amide bonds. The van der Waals surface area contributed by atoms with Gasteiger partial charge < -0.3 is 9.84 Å². The number of carbonyl (C=O) groups is 1. The number of carbonyl (C=O) groups excluding carboxylic acids is 1. The number of thioether (sulfide) groups is 1. The third kappa shape index (κ3) is 2.78. The Hall–Kier alpha value is -3.40. The zero-order valence-electron chi connectivity index (χ0n) is 14.5. The van der Waals surface area contributed by atoms with Crippen LogP contribution in [0.4, 0.5) is 5.82 Å². The molecule has 1 aliphatic heterocycles. The van der Waals surface area contributed by atoms with Crippen molar-refractivity contribution in [3.05, 3.63) is 59.2 Å². The summed E-state index contributed by atoms with van der Waals surface area (Å²) in [5.41, 5.74) is 1.16. The predicted molar refractivity (Wildman–Crippen MR) is 103 cm³/mol. The van der Waals surface area contributed by atoms with Crippen molar-refractivity contribution in [1.29, 1.82) is 0 Å². The van der Waals surface area contributed by atoms with E-state index < -0.39 is 0 Å². The maximum absolute atomic E-state index is 13.1. The fourth-order valence-corrected chi connectivity index (χ4v) is 4.35. The molecule has 0 spiro atoms. The van der Waals surface area contributed by atoms with Crippen molar-refractivity contribution in [3.8, 4) is 5.69 Å². The van der Waals surface area contributed by atoms with Gasteiger partial charge in [0.25, 0.3) is 5.56 Å². The molecule has 9 nitrogen and oxygen atoms in total. The van der Waals surface area contributed by atoms with E-state index in [4.69, 9.17) is 4.52 Å². The molecule has 10 heteroatoms. The van der Waals surface area contributed by atoms with Crippen LogP contribution in [0.25, 0.3) is 16.7 Å². The van der Waals surface area contributed by atoms with Crippen LogP contribution in [0.2, 0.25) is 0 Å². The van der Waals surface area contributed by atoms with Crippen LogP contribution in [-0.4, -0.2) is 36.1 Å². The Morgan fingerprint density at radius 2 is 2.14 bits per heavy atom. The zero-order valence-corrected chi connectivity index (χ0v) is 15.3. The Balaban J connectivity index is 1.49. The molecule has 0 radical (unpaired) electrons. The van der Waals surface area contributed by atoms with E-state index in [1.54, 1.807) is 15.3 Å². The van der Waals surface area contributed by atoms with Crippen LogP contribution in [0.3, 0.4) is 0 Å². The standard InChI is InChI=1S/C18H14N6O3S/c25-15(20-14-6-7-27-22-14)8-12-10-28-18-21-16-13(17(26)23(12)18)9-19-24(16)11-4-2-1-3-5-11/h1-7,9,12H,8,10H2,(H,20,22,25)/t12-/m0/s1. The van der Waals surface area contributed by atoms with Crippen molar-refractivity contribution in [2.75, 3.05) is 11.1 Å². The maximum atomic E-state index is 13.1. The Morgan fingerprint density at radius 1 is 1.29 bits per heavy atom. The summed E-state index contributed by atoms with van der Waals surface area (Å²) in [5, 5.41) is 11.7. The highest BCUT2D eigenvalue weighted by atomic mass is 32.2. The molecule has 0 saturated carbocycles. The molecule has 1 aliphatic rings. The number of fused-ring (bicyclic) bond motifs is 2. The summed E-state index contributed by atoms with van der Waals surface area (Å²) in [6.07, 6.45) is 3.05. The van der Waals surface area contributed by atoms with Crippen LogP contribution in [-0.2, 0) is 4.79 Å². The molecule has 140 valence electrons. The summed E-state index contributed by atoms with van der Waals surface area (Å²) in [5.74, 6) is 0.708. The molecular weight excluding hydrogens is 380 g/mol. The summed E-state index contributed by atoms with van der Waals surface area (Å²) in [4.78, 5) is 30.0. The lowest BCUT2D eigenvalue weighted by Gasteiger charge is -2.12. The third-order valence-electron chi connectivity index (χ3n) is 4.50. The van der Waals surface area contributed by atoms with Crippen molar-refractivity contribution >= 4 is 34.5 Å². The highest BCUT2D eigenvalue weighted by Crippen LogP contribution is 2.33. The minimum absolute atomic E-state index is 0.146. The number of hydrogen-bond acceptors (Lipinski definition) is 7. The smallest absolute Gasteiger partial charge is 0.265 e. The van der Waals surface area contributed by atoms with Crippen LogP contribution in [0.1, 0.15) is 12.5 Å². The maximum Gasteiger partial charge on any atom is 0.265 e. The van der Waals surface area contributed by atoms with E-state index in [0.717, 1.165) is 5.69 Å². The molecule has 4 heterocycles. The van der Waals surface area contributed by atoms with Crippen LogP contribution in [0, 0.1) is 0 Å². The second-order valence-corrected chi connectivity index (χ2v) is 7.29. The fourth-order valence-electron chi connectivity index (χ4n) is 3.22. The molecule has 1 atom stereocenters. The molecule has 0 saturated heterocycles. The number of hydrogen-bond donors (Lipinski definition) is 1. The van der Waals surface area contributed by atoms with Gasteiger partial charge in [-0.15, -0.1) is 0 Å². The van der Waals surface area contributed by atoms with Crippen LogP contribution >= 0.6 is 11.8 Å². The number of rotatable bonds is 4. The molecule has 1 aromatic carbocycles. The zero-order chi connectivity index (χ0) is 19.1. The minimum atomic E-state index is -0.281. The van der Waals surface area contributed by atoms with E-state index in [9.17, 15) is 9.59 Å². The molecule has 1 N–H and O–H groups in total. The van der Waals surface area contributed by atoms with E-state index in [2.05, 4.69) is 20.6 Å². The van der Waals surface area contributed by atoms with Gasteiger partial charge in [-0.2, -0.15) is 5.10 Å². The molecular formula is C18H14N6O3S. The highest BCUT2D eigenvalue weighted by molar-refractivity contribution is 7.99. The van der Waals surface area contributed by atoms with Crippen LogP contribution in [0.15, 0.2) is 63.3 Å². The average molecular weight is 394 g/mol. The molecule has 0 unspecified atom stereocenters. The molecule has 0 bridgehead atoms. The first kappa shape index (κ1) is 16.8.